The van der Waals surface area contributed by atoms with Crippen LogP contribution in [0, 0.1) is 0 Å². The molecule has 0 aliphatic carbocycles. The first-order chi connectivity index (χ1) is 9.18. The van der Waals surface area contributed by atoms with E-state index in [-0.39, 0.29) is 49.2 Å². The van der Waals surface area contributed by atoms with Crippen molar-refractivity contribution < 1.29 is 9.59 Å². The molecule has 6 nitrogen and oxygen atoms in total. The first-order valence-electron chi connectivity index (χ1n) is 6.34. The molecule has 1 aliphatic rings. The molecule has 0 radical (unpaired) electrons. The van der Waals surface area contributed by atoms with Gasteiger partial charge in [-0.2, -0.15) is 0 Å². The zero-order chi connectivity index (χ0) is 13.7. The molecule has 1 aromatic rings. The van der Waals surface area contributed by atoms with Crippen molar-refractivity contribution in [3.63, 3.8) is 0 Å². The summed E-state index contributed by atoms with van der Waals surface area (Å²) in [6.45, 7) is 1.75. The Kier molecular flexibility index (Phi) is 8.92. The Hall–Kier alpha value is -1.37. The van der Waals surface area contributed by atoms with E-state index in [0.29, 0.717) is 5.69 Å². The highest BCUT2D eigenvalue weighted by Gasteiger charge is 2.23. The Morgan fingerprint density at radius 3 is 2.76 bits per heavy atom. The zero-order valence-electron chi connectivity index (χ0n) is 11.7. The lowest BCUT2D eigenvalue weighted by Crippen LogP contribution is -2.44. The third-order valence-electron chi connectivity index (χ3n) is 3.27. The van der Waals surface area contributed by atoms with Crippen molar-refractivity contribution in [2.24, 2.45) is 0 Å². The molecule has 118 valence electrons. The maximum absolute atomic E-state index is 11.9. The molecule has 1 saturated heterocycles. The number of rotatable bonds is 4. The zero-order valence-corrected chi connectivity index (χ0v) is 13.4. The van der Waals surface area contributed by atoms with Crippen molar-refractivity contribution in [3.05, 3.63) is 30.1 Å². The van der Waals surface area contributed by atoms with Crippen LogP contribution in [0.15, 0.2) is 24.4 Å². The normalized spacial score (nSPS) is 16.3. The van der Waals surface area contributed by atoms with Crippen molar-refractivity contribution in [2.45, 2.75) is 12.5 Å². The first-order valence-corrected chi connectivity index (χ1v) is 6.34. The van der Waals surface area contributed by atoms with Crippen LogP contribution in [0.1, 0.15) is 16.9 Å². The quantitative estimate of drug-likeness (QED) is 0.839. The van der Waals surface area contributed by atoms with E-state index in [1.807, 2.05) is 0 Å². The van der Waals surface area contributed by atoms with Gasteiger partial charge in [-0.05, 0) is 25.1 Å². The highest BCUT2D eigenvalue weighted by atomic mass is 35.5. The second kappa shape index (κ2) is 9.55. The highest BCUT2D eigenvalue weighted by Crippen LogP contribution is 2.05. The molecule has 8 heteroatoms. The summed E-state index contributed by atoms with van der Waals surface area (Å²) in [6.07, 6.45) is 2.50. The molecule has 21 heavy (non-hydrogen) atoms. The van der Waals surface area contributed by atoms with Gasteiger partial charge in [-0.3, -0.25) is 14.6 Å². The summed E-state index contributed by atoms with van der Waals surface area (Å²) < 4.78 is 0. The number of likely N-dealkylation sites (N-methyl/N-ethyl adjacent to an activating group) is 1. The Bertz CT molecular complexity index is 453. The average Bonchev–Trinajstić information content (AvgIpc) is 2.98. The van der Waals surface area contributed by atoms with Crippen LogP contribution in [-0.4, -0.2) is 54.4 Å². The van der Waals surface area contributed by atoms with E-state index in [1.54, 1.807) is 36.3 Å². The minimum Gasteiger partial charge on any atom is -0.342 e. The van der Waals surface area contributed by atoms with Gasteiger partial charge in [0.1, 0.15) is 5.69 Å². The van der Waals surface area contributed by atoms with E-state index < -0.39 is 0 Å². The van der Waals surface area contributed by atoms with Crippen LogP contribution in [-0.2, 0) is 4.79 Å². The van der Waals surface area contributed by atoms with Crippen molar-refractivity contribution in [1.29, 1.82) is 0 Å². The summed E-state index contributed by atoms with van der Waals surface area (Å²) in [6, 6.07) is 5.31. The van der Waals surface area contributed by atoms with E-state index in [1.165, 1.54) is 0 Å². The summed E-state index contributed by atoms with van der Waals surface area (Å²) in [7, 11) is 1.77. The summed E-state index contributed by atoms with van der Waals surface area (Å²) in [4.78, 5) is 29.3. The van der Waals surface area contributed by atoms with Gasteiger partial charge in [-0.25, -0.2) is 0 Å². The monoisotopic (exact) mass is 334 g/mol. The van der Waals surface area contributed by atoms with Gasteiger partial charge >= 0.3 is 0 Å². The van der Waals surface area contributed by atoms with Gasteiger partial charge in [0.25, 0.3) is 5.91 Å². The van der Waals surface area contributed by atoms with Crippen LogP contribution in [0.2, 0.25) is 0 Å². The van der Waals surface area contributed by atoms with Gasteiger partial charge in [0, 0.05) is 25.8 Å². The number of carbonyl (C=O) groups excluding carboxylic acids is 2. The van der Waals surface area contributed by atoms with Gasteiger partial charge in [0.05, 0.1) is 6.54 Å². The minimum absolute atomic E-state index is 0. The molecular weight excluding hydrogens is 315 g/mol. The maximum atomic E-state index is 11.9. The molecule has 1 unspecified atom stereocenters. The Morgan fingerprint density at radius 1 is 1.43 bits per heavy atom. The minimum atomic E-state index is -0.327. The topological polar surface area (TPSA) is 74.3 Å². The molecule has 2 rings (SSSR count). The number of pyridine rings is 1. The second-order valence-corrected chi connectivity index (χ2v) is 4.55. The standard InChI is InChI=1S/C13H18N4O2.2ClH/c1-17(10-5-7-14-8-10)12(18)9-16-13(19)11-4-2-3-6-15-11;;/h2-4,6,10,14H,5,7-9H2,1H3,(H,16,19);2*1H. The molecule has 0 aromatic carbocycles. The SMILES string of the molecule is CN(C(=O)CNC(=O)c1ccccn1)C1CCNC1.Cl.Cl. The van der Waals surface area contributed by atoms with Gasteiger partial charge in [-0.1, -0.05) is 6.07 Å². The first kappa shape index (κ1) is 19.6. The van der Waals surface area contributed by atoms with Crippen molar-refractivity contribution in [3.8, 4) is 0 Å². The lowest BCUT2D eigenvalue weighted by atomic mass is 10.2. The number of halogens is 2. The number of nitrogens with zero attached hydrogens (tertiary/aromatic N) is 2. The van der Waals surface area contributed by atoms with Crippen LogP contribution in [0.3, 0.4) is 0 Å². The van der Waals surface area contributed by atoms with E-state index >= 15 is 0 Å². The third kappa shape index (κ3) is 5.49. The molecule has 2 amide bonds. The predicted octanol–water partition coefficient (Wildman–Crippen LogP) is 0.475. The number of aromatic nitrogens is 1. The molecule has 0 bridgehead atoms. The molecule has 2 N–H and O–H groups in total. The van der Waals surface area contributed by atoms with Gasteiger partial charge < -0.3 is 15.5 Å². The van der Waals surface area contributed by atoms with E-state index in [2.05, 4.69) is 15.6 Å². The van der Waals surface area contributed by atoms with Gasteiger partial charge in [0.2, 0.25) is 5.91 Å². The number of hydrogen-bond acceptors (Lipinski definition) is 4. The third-order valence-corrected chi connectivity index (χ3v) is 3.27. The number of carbonyl (C=O) groups is 2. The molecule has 0 saturated carbocycles. The lowest BCUT2D eigenvalue weighted by molar-refractivity contribution is -0.130. The fourth-order valence-electron chi connectivity index (χ4n) is 2.04. The van der Waals surface area contributed by atoms with Crippen molar-refractivity contribution in [1.82, 2.24) is 20.5 Å². The van der Waals surface area contributed by atoms with Crippen molar-refractivity contribution in [2.75, 3.05) is 26.7 Å². The second-order valence-electron chi connectivity index (χ2n) is 4.55. The average molecular weight is 335 g/mol. The van der Waals surface area contributed by atoms with E-state index in [9.17, 15) is 9.59 Å². The van der Waals surface area contributed by atoms with Crippen LogP contribution in [0.5, 0.6) is 0 Å². The van der Waals surface area contributed by atoms with Crippen LogP contribution >= 0.6 is 24.8 Å². The number of amides is 2. The number of nitrogens with one attached hydrogen (secondary N) is 2. The fraction of sp³-hybridized carbons (Fsp3) is 0.462. The molecule has 2 heterocycles. The van der Waals surface area contributed by atoms with Gasteiger partial charge in [0.15, 0.2) is 0 Å². The van der Waals surface area contributed by atoms with Crippen LogP contribution in [0.25, 0.3) is 0 Å². The van der Waals surface area contributed by atoms with E-state index in [0.717, 1.165) is 19.5 Å². The maximum Gasteiger partial charge on any atom is 0.270 e. The summed E-state index contributed by atoms with van der Waals surface area (Å²) in [5.74, 6) is -0.412. The highest BCUT2D eigenvalue weighted by molar-refractivity contribution is 5.94. The van der Waals surface area contributed by atoms with Crippen LogP contribution in [0.4, 0.5) is 0 Å². The molecular formula is C13H20Cl2N4O2. The Morgan fingerprint density at radius 2 is 2.19 bits per heavy atom. The van der Waals surface area contributed by atoms with Crippen molar-refractivity contribution >= 4 is 36.6 Å². The molecule has 0 spiro atoms. The van der Waals surface area contributed by atoms with Gasteiger partial charge in [-0.15, -0.1) is 24.8 Å². The summed E-state index contributed by atoms with van der Waals surface area (Å²) in [5, 5.41) is 5.80. The lowest BCUT2D eigenvalue weighted by Gasteiger charge is -2.23. The Balaban J connectivity index is 0.00000200. The van der Waals surface area contributed by atoms with E-state index in [4.69, 9.17) is 0 Å². The number of hydrogen-bond donors (Lipinski definition) is 2. The largest absolute Gasteiger partial charge is 0.342 e. The fourth-order valence-corrected chi connectivity index (χ4v) is 2.04. The summed E-state index contributed by atoms with van der Waals surface area (Å²) >= 11 is 0. The smallest absolute Gasteiger partial charge is 0.270 e. The molecule has 1 fully saturated rings. The molecule has 1 aromatic heterocycles. The van der Waals surface area contributed by atoms with Crippen LogP contribution < -0.4 is 10.6 Å². The predicted molar refractivity (Wildman–Crippen MR) is 85.1 cm³/mol. The Labute approximate surface area is 136 Å². The summed E-state index contributed by atoms with van der Waals surface area (Å²) in [5.41, 5.74) is 0.320. The molecule has 1 atom stereocenters. The molecule has 1 aliphatic heterocycles.